The Balaban J connectivity index is 2.10. The van der Waals surface area contributed by atoms with E-state index in [1.54, 1.807) is 12.1 Å². The van der Waals surface area contributed by atoms with Gasteiger partial charge >= 0.3 is 0 Å². The highest BCUT2D eigenvalue weighted by Crippen LogP contribution is 2.23. The van der Waals surface area contributed by atoms with Crippen LogP contribution < -0.4 is 5.73 Å². The van der Waals surface area contributed by atoms with Gasteiger partial charge in [-0.2, -0.15) is 0 Å². The van der Waals surface area contributed by atoms with E-state index in [0.717, 1.165) is 5.56 Å². The van der Waals surface area contributed by atoms with Crippen molar-refractivity contribution >= 4 is 11.6 Å². The van der Waals surface area contributed by atoms with Crippen LogP contribution in [-0.4, -0.2) is 0 Å². The van der Waals surface area contributed by atoms with Crippen molar-refractivity contribution in [1.82, 2.24) is 0 Å². The summed E-state index contributed by atoms with van der Waals surface area (Å²) in [6.07, 6.45) is 0.709. The van der Waals surface area contributed by atoms with E-state index in [1.807, 2.05) is 0 Å². The van der Waals surface area contributed by atoms with Gasteiger partial charge in [0.1, 0.15) is 5.82 Å². The van der Waals surface area contributed by atoms with Gasteiger partial charge in [-0.1, -0.05) is 55.8 Å². The first kappa shape index (κ1) is 15.0. The van der Waals surface area contributed by atoms with Crippen LogP contribution >= 0.6 is 11.6 Å². The molecule has 0 spiro atoms. The molecule has 0 bridgehead atoms. The molecular formula is C17H19ClFN. The zero-order chi connectivity index (χ0) is 14.7. The van der Waals surface area contributed by atoms with Crippen LogP contribution in [0.1, 0.15) is 42.5 Å². The second-order valence-electron chi connectivity index (χ2n) is 5.38. The fourth-order valence-corrected chi connectivity index (χ4v) is 2.34. The van der Waals surface area contributed by atoms with E-state index in [4.69, 9.17) is 17.3 Å². The van der Waals surface area contributed by atoms with Crippen molar-refractivity contribution in [1.29, 1.82) is 0 Å². The molecule has 106 valence electrons. The maximum atomic E-state index is 13.1. The predicted molar refractivity (Wildman–Crippen MR) is 82.6 cm³/mol. The molecule has 0 saturated heterocycles. The van der Waals surface area contributed by atoms with E-state index in [2.05, 4.69) is 38.1 Å². The Labute approximate surface area is 124 Å². The molecule has 0 aliphatic rings. The van der Waals surface area contributed by atoms with Crippen molar-refractivity contribution in [3.8, 4) is 0 Å². The van der Waals surface area contributed by atoms with Crippen molar-refractivity contribution in [2.75, 3.05) is 0 Å². The molecule has 2 aromatic carbocycles. The van der Waals surface area contributed by atoms with Crippen LogP contribution in [0, 0.1) is 5.82 Å². The van der Waals surface area contributed by atoms with Crippen molar-refractivity contribution in [2.24, 2.45) is 5.73 Å². The largest absolute Gasteiger partial charge is 0.324 e. The molecule has 3 heteroatoms. The summed E-state index contributed by atoms with van der Waals surface area (Å²) in [5, 5.41) is 0.119. The van der Waals surface area contributed by atoms with Crippen LogP contribution in [0.4, 0.5) is 4.39 Å². The van der Waals surface area contributed by atoms with Crippen LogP contribution in [0.15, 0.2) is 42.5 Å². The highest BCUT2D eigenvalue weighted by atomic mass is 35.5. The Hall–Kier alpha value is -1.38. The lowest BCUT2D eigenvalue weighted by atomic mass is 9.96. The van der Waals surface area contributed by atoms with Crippen LogP contribution in [-0.2, 0) is 6.42 Å². The first-order chi connectivity index (χ1) is 9.47. The second kappa shape index (κ2) is 6.38. The molecule has 2 rings (SSSR count). The third-order valence-electron chi connectivity index (χ3n) is 3.47. The molecule has 1 atom stereocenters. The van der Waals surface area contributed by atoms with Crippen LogP contribution in [0.2, 0.25) is 5.02 Å². The summed E-state index contributed by atoms with van der Waals surface area (Å²) >= 11 is 5.79. The van der Waals surface area contributed by atoms with Crippen LogP contribution in [0.5, 0.6) is 0 Å². The zero-order valence-electron chi connectivity index (χ0n) is 11.7. The topological polar surface area (TPSA) is 26.0 Å². The molecular weight excluding hydrogens is 273 g/mol. The lowest BCUT2D eigenvalue weighted by Gasteiger charge is -2.14. The molecule has 0 fully saturated rings. The van der Waals surface area contributed by atoms with E-state index in [-0.39, 0.29) is 11.1 Å². The molecule has 1 unspecified atom stereocenters. The molecule has 0 heterocycles. The minimum Gasteiger partial charge on any atom is -0.324 e. The van der Waals surface area contributed by atoms with Gasteiger partial charge in [0, 0.05) is 6.04 Å². The van der Waals surface area contributed by atoms with Gasteiger partial charge in [-0.15, -0.1) is 0 Å². The quantitative estimate of drug-likeness (QED) is 0.856. The summed E-state index contributed by atoms with van der Waals surface area (Å²) < 4.78 is 13.1. The Bertz CT molecular complexity index is 578. The zero-order valence-corrected chi connectivity index (χ0v) is 12.5. The van der Waals surface area contributed by atoms with Crippen molar-refractivity contribution < 1.29 is 4.39 Å². The van der Waals surface area contributed by atoms with Gasteiger partial charge in [-0.25, -0.2) is 4.39 Å². The standard InChI is InChI=1S/C17H19ClFN/c1-11(2)13-5-3-12(4-6-13)9-17(20)14-7-8-16(19)15(18)10-14/h3-8,10-11,17H,9,20H2,1-2H3. The fourth-order valence-electron chi connectivity index (χ4n) is 2.15. The number of halogens is 2. The minimum atomic E-state index is -0.413. The Morgan fingerprint density at radius 2 is 1.65 bits per heavy atom. The Morgan fingerprint density at radius 3 is 2.20 bits per heavy atom. The van der Waals surface area contributed by atoms with Gasteiger partial charge in [0.15, 0.2) is 0 Å². The first-order valence-corrected chi connectivity index (χ1v) is 7.14. The third kappa shape index (κ3) is 3.59. The SMILES string of the molecule is CC(C)c1ccc(CC(N)c2ccc(F)c(Cl)c2)cc1. The van der Waals surface area contributed by atoms with Gasteiger partial charge < -0.3 is 5.73 Å². The van der Waals surface area contributed by atoms with Crippen molar-refractivity contribution in [3.63, 3.8) is 0 Å². The number of hydrogen-bond donors (Lipinski definition) is 1. The van der Waals surface area contributed by atoms with Crippen LogP contribution in [0.25, 0.3) is 0 Å². The summed E-state index contributed by atoms with van der Waals surface area (Å²) in [6, 6.07) is 12.9. The van der Waals surface area contributed by atoms with Gasteiger partial charge in [0.05, 0.1) is 5.02 Å². The van der Waals surface area contributed by atoms with Crippen molar-refractivity contribution in [3.05, 3.63) is 70.0 Å². The van der Waals surface area contributed by atoms with E-state index in [1.165, 1.54) is 17.2 Å². The smallest absolute Gasteiger partial charge is 0.141 e. The highest BCUT2D eigenvalue weighted by molar-refractivity contribution is 6.30. The van der Waals surface area contributed by atoms with E-state index >= 15 is 0 Å². The third-order valence-corrected chi connectivity index (χ3v) is 3.76. The molecule has 2 aromatic rings. The summed E-state index contributed by atoms with van der Waals surface area (Å²) in [6.45, 7) is 4.34. The number of benzene rings is 2. The van der Waals surface area contributed by atoms with Gasteiger partial charge in [-0.05, 0) is 41.2 Å². The van der Waals surface area contributed by atoms with E-state index in [0.29, 0.717) is 12.3 Å². The predicted octanol–water partition coefficient (Wildman–Crippen LogP) is 4.85. The Morgan fingerprint density at radius 1 is 1.05 bits per heavy atom. The summed E-state index contributed by atoms with van der Waals surface area (Å²) in [7, 11) is 0. The van der Waals surface area contributed by atoms with E-state index in [9.17, 15) is 4.39 Å². The maximum absolute atomic E-state index is 13.1. The van der Waals surface area contributed by atoms with E-state index < -0.39 is 5.82 Å². The Kier molecular flexibility index (Phi) is 4.79. The summed E-state index contributed by atoms with van der Waals surface area (Å²) in [4.78, 5) is 0. The molecule has 1 nitrogen and oxygen atoms in total. The summed E-state index contributed by atoms with van der Waals surface area (Å²) in [5.74, 6) is 0.109. The van der Waals surface area contributed by atoms with Crippen molar-refractivity contribution in [2.45, 2.75) is 32.2 Å². The molecule has 0 amide bonds. The molecule has 2 N–H and O–H groups in total. The van der Waals surface area contributed by atoms with Gasteiger partial charge in [0.25, 0.3) is 0 Å². The molecule has 0 radical (unpaired) electrons. The lowest BCUT2D eigenvalue weighted by molar-refractivity contribution is 0.625. The average molecular weight is 292 g/mol. The van der Waals surface area contributed by atoms with Gasteiger partial charge in [-0.3, -0.25) is 0 Å². The minimum absolute atomic E-state index is 0.119. The maximum Gasteiger partial charge on any atom is 0.141 e. The molecule has 0 saturated carbocycles. The fraction of sp³-hybridized carbons (Fsp3) is 0.294. The number of nitrogens with two attached hydrogens (primary N) is 1. The number of rotatable bonds is 4. The molecule has 0 aliphatic carbocycles. The lowest BCUT2D eigenvalue weighted by Crippen LogP contribution is -2.13. The second-order valence-corrected chi connectivity index (χ2v) is 5.79. The average Bonchev–Trinajstić information content (AvgIpc) is 2.42. The summed E-state index contributed by atoms with van der Waals surface area (Å²) in [5.41, 5.74) is 9.49. The first-order valence-electron chi connectivity index (χ1n) is 6.76. The number of hydrogen-bond acceptors (Lipinski definition) is 1. The normalized spacial score (nSPS) is 12.7. The molecule has 0 aromatic heterocycles. The van der Waals surface area contributed by atoms with Crippen LogP contribution in [0.3, 0.4) is 0 Å². The monoisotopic (exact) mass is 291 g/mol. The molecule has 0 aliphatic heterocycles. The van der Waals surface area contributed by atoms with Gasteiger partial charge in [0.2, 0.25) is 0 Å². The molecule has 20 heavy (non-hydrogen) atoms. The highest BCUT2D eigenvalue weighted by Gasteiger charge is 2.10.